The zero-order valence-electron chi connectivity index (χ0n) is 14.2. The van der Waals surface area contributed by atoms with Crippen LogP contribution in [0.1, 0.15) is 45.7 Å². The summed E-state index contributed by atoms with van der Waals surface area (Å²) >= 11 is 6.30. The van der Waals surface area contributed by atoms with Gasteiger partial charge >= 0.3 is 0 Å². The van der Waals surface area contributed by atoms with E-state index in [2.05, 4.69) is 15.4 Å². The van der Waals surface area contributed by atoms with Gasteiger partial charge in [0.15, 0.2) is 5.65 Å². The van der Waals surface area contributed by atoms with Gasteiger partial charge in [-0.2, -0.15) is 5.10 Å². The summed E-state index contributed by atoms with van der Waals surface area (Å²) in [5.41, 5.74) is 5.14. The molecular formula is C19H19ClN4O. The van der Waals surface area contributed by atoms with Crippen LogP contribution in [0.3, 0.4) is 0 Å². The Morgan fingerprint density at radius 2 is 2.08 bits per heavy atom. The fourth-order valence-electron chi connectivity index (χ4n) is 3.05. The summed E-state index contributed by atoms with van der Waals surface area (Å²) in [6.07, 6.45) is 4.40. The summed E-state index contributed by atoms with van der Waals surface area (Å²) in [5.74, 6) is -0.0948. The molecule has 128 valence electrons. The Bertz CT molecular complexity index is 975. The van der Waals surface area contributed by atoms with E-state index < -0.39 is 0 Å². The summed E-state index contributed by atoms with van der Waals surface area (Å²) in [5, 5.41) is 8.13. The van der Waals surface area contributed by atoms with Crippen LogP contribution in [0.4, 0.5) is 0 Å². The first kappa shape index (κ1) is 16.1. The van der Waals surface area contributed by atoms with Crippen LogP contribution < -0.4 is 5.32 Å². The van der Waals surface area contributed by atoms with E-state index >= 15 is 0 Å². The van der Waals surface area contributed by atoms with Crippen LogP contribution in [0.2, 0.25) is 5.02 Å². The van der Waals surface area contributed by atoms with Gasteiger partial charge in [0.25, 0.3) is 5.91 Å². The van der Waals surface area contributed by atoms with E-state index in [1.165, 1.54) is 0 Å². The second kappa shape index (κ2) is 6.15. The van der Waals surface area contributed by atoms with Crippen LogP contribution in [0, 0.1) is 13.8 Å². The van der Waals surface area contributed by atoms with Crippen molar-refractivity contribution >= 4 is 23.2 Å². The number of carbonyl (C=O) groups is 1. The van der Waals surface area contributed by atoms with E-state index in [0.29, 0.717) is 23.7 Å². The third-order valence-corrected chi connectivity index (χ3v) is 5.06. The highest BCUT2D eigenvalue weighted by atomic mass is 35.5. The normalized spacial score (nSPS) is 14.0. The fraction of sp³-hybridized carbons (Fsp3) is 0.316. The number of hydrogen-bond donors (Lipinski definition) is 1. The Hall–Kier alpha value is -2.40. The van der Waals surface area contributed by atoms with Crippen LogP contribution in [0.5, 0.6) is 0 Å². The molecule has 1 aromatic carbocycles. The lowest BCUT2D eigenvalue weighted by Gasteiger charge is -2.12. The molecule has 1 N–H and O–H groups in total. The van der Waals surface area contributed by atoms with E-state index in [-0.39, 0.29) is 5.91 Å². The number of amides is 1. The average Bonchev–Trinajstić information content (AvgIpc) is 3.29. The fourth-order valence-corrected chi connectivity index (χ4v) is 3.25. The molecule has 25 heavy (non-hydrogen) atoms. The Balaban J connectivity index is 1.74. The molecule has 0 bridgehead atoms. The van der Waals surface area contributed by atoms with Crippen molar-refractivity contribution in [2.45, 2.75) is 39.2 Å². The molecule has 5 nitrogen and oxygen atoms in total. The summed E-state index contributed by atoms with van der Waals surface area (Å²) in [6, 6.07) is 8.12. The maximum Gasteiger partial charge on any atom is 0.256 e. The molecule has 1 fully saturated rings. The average molecular weight is 355 g/mol. The van der Waals surface area contributed by atoms with Crippen molar-refractivity contribution in [3.05, 3.63) is 63.6 Å². The molecule has 0 atom stereocenters. The second-order valence-corrected chi connectivity index (χ2v) is 6.98. The molecule has 0 unspecified atom stereocenters. The van der Waals surface area contributed by atoms with Crippen molar-refractivity contribution in [1.29, 1.82) is 0 Å². The molecule has 4 rings (SSSR count). The smallest absolute Gasteiger partial charge is 0.256 e. The van der Waals surface area contributed by atoms with Crippen molar-refractivity contribution in [2.24, 2.45) is 0 Å². The van der Waals surface area contributed by atoms with Gasteiger partial charge in [-0.1, -0.05) is 29.8 Å². The third-order valence-electron chi connectivity index (χ3n) is 4.69. The third kappa shape index (κ3) is 3.00. The van der Waals surface area contributed by atoms with Crippen molar-refractivity contribution in [1.82, 2.24) is 19.9 Å². The van der Waals surface area contributed by atoms with E-state index in [1.807, 2.05) is 38.1 Å². The zero-order chi connectivity index (χ0) is 17.6. The number of aromatic nitrogens is 3. The maximum absolute atomic E-state index is 12.4. The Morgan fingerprint density at radius 3 is 2.80 bits per heavy atom. The van der Waals surface area contributed by atoms with Gasteiger partial charge in [-0.25, -0.2) is 9.50 Å². The molecule has 1 amide bonds. The number of fused-ring (bicyclic) bond motifs is 1. The second-order valence-electron chi connectivity index (χ2n) is 6.57. The van der Waals surface area contributed by atoms with Crippen LogP contribution in [0.15, 0.2) is 30.5 Å². The molecule has 3 aromatic rings. The van der Waals surface area contributed by atoms with E-state index in [4.69, 9.17) is 11.6 Å². The molecule has 2 heterocycles. The predicted octanol–water partition coefficient (Wildman–Crippen LogP) is 3.48. The molecule has 1 aliphatic rings. The minimum Gasteiger partial charge on any atom is -0.349 e. The molecular weight excluding hydrogens is 336 g/mol. The summed E-state index contributed by atoms with van der Waals surface area (Å²) in [4.78, 5) is 17.1. The largest absolute Gasteiger partial charge is 0.349 e. The lowest BCUT2D eigenvalue weighted by atomic mass is 10.0. The predicted molar refractivity (Wildman–Crippen MR) is 97.2 cm³/mol. The van der Waals surface area contributed by atoms with Crippen molar-refractivity contribution in [3.8, 4) is 0 Å². The number of rotatable bonds is 4. The molecule has 0 spiro atoms. The number of hydrogen-bond acceptors (Lipinski definition) is 3. The van der Waals surface area contributed by atoms with Gasteiger partial charge in [-0.15, -0.1) is 0 Å². The van der Waals surface area contributed by atoms with Crippen LogP contribution >= 0.6 is 11.6 Å². The van der Waals surface area contributed by atoms with Gasteiger partial charge in [0.2, 0.25) is 0 Å². The summed E-state index contributed by atoms with van der Waals surface area (Å²) in [6.45, 7) is 3.97. The molecule has 6 heteroatoms. The SMILES string of the molecule is Cc1nc2c(C(=O)NC3CC3)cnn2c(C)c1Cc1ccccc1Cl. The van der Waals surface area contributed by atoms with Gasteiger partial charge in [0.05, 0.1) is 6.20 Å². The highest BCUT2D eigenvalue weighted by molar-refractivity contribution is 6.31. The van der Waals surface area contributed by atoms with Gasteiger partial charge in [0, 0.05) is 28.9 Å². The quantitative estimate of drug-likeness (QED) is 0.780. The standard InChI is InChI=1S/C19H19ClN4O/c1-11-15(9-13-5-3-4-6-17(13)20)12(2)24-18(22-11)16(10-21-24)19(25)23-14-7-8-14/h3-6,10,14H,7-9H2,1-2H3,(H,23,25). The first-order chi connectivity index (χ1) is 12.0. The van der Waals surface area contributed by atoms with Crippen molar-refractivity contribution in [2.75, 3.05) is 0 Å². The van der Waals surface area contributed by atoms with Crippen LogP contribution in [-0.2, 0) is 6.42 Å². The van der Waals surface area contributed by atoms with Gasteiger partial charge in [-0.3, -0.25) is 4.79 Å². The number of halogens is 1. The van der Waals surface area contributed by atoms with Gasteiger partial charge in [-0.05, 0) is 43.9 Å². The molecule has 0 saturated heterocycles. The minimum atomic E-state index is -0.0948. The highest BCUT2D eigenvalue weighted by Gasteiger charge is 2.26. The summed E-state index contributed by atoms with van der Waals surface area (Å²) in [7, 11) is 0. The Morgan fingerprint density at radius 1 is 1.32 bits per heavy atom. The monoisotopic (exact) mass is 354 g/mol. The zero-order valence-corrected chi connectivity index (χ0v) is 15.0. The molecule has 0 radical (unpaired) electrons. The first-order valence-electron chi connectivity index (χ1n) is 8.42. The first-order valence-corrected chi connectivity index (χ1v) is 8.80. The number of aryl methyl sites for hydroxylation is 2. The highest BCUT2D eigenvalue weighted by Crippen LogP contribution is 2.24. The van der Waals surface area contributed by atoms with E-state index in [1.54, 1.807) is 10.7 Å². The van der Waals surface area contributed by atoms with Gasteiger partial charge < -0.3 is 5.32 Å². The van der Waals surface area contributed by atoms with E-state index in [9.17, 15) is 4.79 Å². The van der Waals surface area contributed by atoms with Gasteiger partial charge in [0.1, 0.15) is 5.56 Å². The number of nitrogens with zero attached hydrogens (tertiary/aromatic N) is 3. The van der Waals surface area contributed by atoms with Crippen molar-refractivity contribution < 1.29 is 4.79 Å². The molecule has 0 aliphatic heterocycles. The number of benzene rings is 1. The minimum absolute atomic E-state index is 0.0948. The van der Waals surface area contributed by atoms with E-state index in [0.717, 1.165) is 40.4 Å². The molecule has 1 saturated carbocycles. The number of nitrogens with one attached hydrogen (secondary N) is 1. The molecule has 1 aliphatic carbocycles. The lowest BCUT2D eigenvalue weighted by molar-refractivity contribution is 0.0952. The Kier molecular flexibility index (Phi) is 3.96. The van der Waals surface area contributed by atoms with Crippen LogP contribution in [-0.4, -0.2) is 26.5 Å². The van der Waals surface area contributed by atoms with Crippen molar-refractivity contribution in [3.63, 3.8) is 0 Å². The van der Waals surface area contributed by atoms with Crippen LogP contribution in [0.25, 0.3) is 5.65 Å². The molecule has 2 aromatic heterocycles. The topological polar surface area (TPSA) is 59.3 Å². The number of carbonyl (C=O) groups excluding carboxylic acids is 1. The Labute approximate surface area is 151 Å². The summed E-state index contributed by atoms with van der Waals surface area (Å²) < 4.78 is 1.75. The lowest BCUT2D eigenvalue weighted by Crippen LogP contribution is -2.25. The maximum atomic E-state index is 12.4.